The molecule has 0 saturated heterocycles. The van der Waals surface area contributed by atoms with Gasteiger partial charge in [-0.05, 0) is 18.9 Å². The first-order valence-electron chi connectivity index (χ1n) is 4.09. The van der Waals surface area contributed by atoms with E-state index in [-0.39, 0.29) is 11.7 Å². The molecule has 0 unspecified atom stereocenters. The number of carboxylic acid groups (broad SMARTS) is 1. The van der Waals surface area contributed by atoms with Crippen molar-refractivity contribution in [2.75, 3.05) is 0 Å². The first kappa shape index (κ1) is 9.64. The maximum Gasteiger partial charge on any atom is 0.373 e. The molecule has 70 valence electrons. The molecule has 0 radical (unpaired) electrons. The van der Waals surface area contributed by atoms with E-state index in [0.717, 1.165) is 5.69 Å². The van der Waals surface area contributed by atoms with Gasteiger partial charge in [-0.3, -0.25) is 0 Å². The van der Waals surface area contributed by atoms with Crippen LogP contribution in [0.25, 0.3) is 0 Å². The summed E-state index contributed by atoms with van der Waals surface area (Å²) in [6.07, 6.45) is 0. The van der Waals surface area contributed by atoms with E-state index in [1.807, 2.05) is 13.8 Å². The van der Waals surface area contributed by atoms with Gasteiger partial charge in [-0.2, -0.15) is 0 Å². The van der Waals surface area contributed by atoms with E-state index in [1.165, 1.54) is 0 Å². The predicted molar refractivity (Wildman–Crippen MR) is 47.8 cm³/mol. The SMILES string of the molecule is Cc1cc(C(C)C)nc(C(=O)O)n1. The van der Waals surface area contributed by atoms with Crippen molar-refractivity contribution < 1.29 is 9.90 Å². The number of aromatic nitrogens is 2. The Kier molecular flexibility index (Phi) is 2.60. The van der Waals surface area contributed by atoms with Crippen LogP contribution in [-0.4, -0.2) is 21.0 Å². The third-order valence-electron chi connectivity index (χ3n) is 1.66. The molecule has 1 aromatic rings. The van der Waals surface area contributed by atoms with Gasteiger partial charge in [0.25, 0.3) is 0 Å². The van der Waals surface area contributed by atoms with Crippen LogP contribution in [0.3, 0.4) is 0 Å². The second-order valence-electron chi connectivity index (χ2n) is 3.22. The van der Waals surface area contributed by atoms with Crippen LogP contribution in [0.1, 0.15) is 41.8 Å². The summed E-state index contributed by atoms with van der Waals surface area (Å²) in [5, 5.41) is 8.69. The molecule has 0 amide bonds. The van der Waals surface area contributed by atoms with E-state index in [9.17, 15) is 4.79 Å². The van der Waals surface area contributed by atoms with Gasteiger partial charge >= 0.3 is 5.97 Å². The fourth-order valence-electron chi connectivity index (χ4n) is 0.984. The number of carbonyl (C=O) groups is 1. The Morgan fingerprint density at radius 1 is 1.46 bits per heavy atom. The fourth-order valence-corrected chi connectivity index (χ4v) is 0.984. The summed E-state index contributed by atoms with van der Waals surface area (Å²) >= 11 is 0. The third kappa shape index (κ3) is 2.24. The molecule has 0 atom stereocenters. The number of nitrogens with zero attached hydrogens (tertiary/aromatic N) is 2. The van der Waals surface area contributed by atoms with Crippen LogP contribution in [0.5, 0.6) is 0 Å². The molecule has 0 saturated carbocycles. The van der Waals surface area contributed by atoms with Gasteiger partial charge in [-0.25, -0.2) is 14.8 Å². The van der Waals surface area contributed by atoms with Gasteiger partial charge < -0.3 is 5.11 Å². The number of aryl methyl sites for hydroxylation is 1. The van der Waals surface area contributed by atoms with Crippen LogP contribution in [0.2, 0.25) is 0 Å². The molecule has 1 heterocycles. The average Bonchev–Trinajstić information content (AvgIpc) is 2.03. The van der Waals surface area contributed by atoms with Gasteiger partial charge in [0.2, 0.25) is 5.82 Å². The largest absolute Gasteiger partial charge is 0.475 e. The highest BCUT2D eigenvalue weighted by Gasteiger charge is 2.10. The van der Waals surface area contributed by atoms with Crippen LogP contribution in [0.15, 0.2) is 6.07 Å². The van der Waals surface area contributed by atoms with Crippen LogP contribution in [-0.2, 0) is 0 Å². The van der Waals surface area contributed by atoms with E-state index in [4.69, 9.17) is 5.11 Å². The smallest absolute Gasteiger partial charge is 0.373 e. The molecule has 4 nitrogen and oxygen atoms in total. The highest BCUT2D eigenvalue weighted by Crippen LogP contribution is 2.12. The molecule has 1 rings (SSSR count). The van der Waals surface area contributed by atoms with Gasteiger partial charge in [-0.1, -0.05) is 13.8 Å². The third-order valence-corrected chi connectivity index (χ3v) is 1.66. The minimum atomic E-state index is -1.08. The highest BCUT2D eigenvalue weighted by molar-refractivity contribution is 5.83. The predicted octanol–water partition coefficient (Wildman–Crippen LogP) is 1.61. The van der Waals surface area contributed by atoms with E-state index < -0.39 is 5.97 Å². The van der Waals surface area contributed by atoms with Crippen LogP contribution >= 0.6 is 0 Å². The Bertz CT molecular complexity index is 334. The zero-order chi connectivity index (χ0) is 10.0. The van der Waals surface area contributed by atoms with Gasteiger partial charge in [0.05, 0.1) is 0 Å². The minimum absolute atomic E-state index is 0.122. The van der Waals surface area contributed by atoms with Crippen molar-refractivity contribution in [3.63, 3.8) is 0 Å². The molecule has 1 N–H and O–H groups in total. The highest BCUT2D eigenvalue weighted by atomic mass is 16.4. The van der Waals surface area contributed by atoms with E-state index >= 15 is 0 Å². The topological polar surface area (TPSA) is 63.1 Å². The molecule has 0 aliphatic heterocycles. The normalized spacial score (nSPS) is 10.5. The molecule has 0 spiro atoms. The monoisotopic (exact) mass is 180 g/mol. The van der Waals surface area contributed by atoms with Gasteiger partial charge in [0.1, 0.15) is 0 Å². The van der Waals surface area contributed by atoms with E-state index in [2.05, 4.69) is 9.97 Å². The molecule has 13 heavy (non-hydrogen) atoms. The number of hydrogen-bond acceptors (Lipinski definition) is 3. The van der Waals surface area contributed by atoms with Crippen molar-refractivity contribution >= 4 is 5.97 Å². The Labute approximate surface area is 76.7 Å². The molecule has 0 aromatic carbocycles. The molecule has 1 aromatic heterocycles. The van der Waals surface area contributed by atoms with Crippen molar-refractivity contribution in [2.45, 2.75) is 26.7 Å². The lowest BCUT2D eigenvalue weighted by Crippen LogP contribution is -2.08. The van der Waals surface area contributed by atoms with Crippen molar-refractivity contribution in [1.82, 2.24) is 9.97 Å². The minimum Gasteiger partial charge on any atom is -0.475 e. The van der Waals surface area contributed by atoms with Crippen molar-refractivity contribution in [1.29, 1.82) is 0 Å². The van der Waals surface area contributed by atoms with Crippen LogP contribution in [0, 0.1) is 6.92 Å². The van der Waals surface area contributed by atoms with Crippen LogP contribution < -0.4 is 0 Å². The van der Waals surface area contributed by atoms with E-state index in [1.54, 1.807) is 13.0 Å². The number of carboxylic acids is 1. The molecular formula is C9H12N2O2. The Morgan fingerprint density at radius 3 is 2.54 bits per heavy atom. The van der Waals surface area contributed by atoms with Gasteiger partial charge in [0.15, 0.2) is 0 Å². The molecule has 0 aliphatic rings. The maximum atomic E-state index is 10.6. The second kappa shape index (κ2) is 3.51. The Balaban J connectivity index is 3.19. The first-order chi connectivity index (χ1) is 6.00. The van der Waals surface area contributed by atoms with Gasteiger partial charge in [-0.15, -0.1) is 0 Å². The lowest BCUT2D eigenvalue weighted by Gasteiger charge is -2.05. The summed E-state index contributed by atoms with van der Waals surface area (Å²) < 4.78 is 0. The number of hydrogen-bond donors (Lipinski definition) is 1. The summed E-state index contributed by atoms with van der Waals surface area (Å²) in [6, 6.07) is 1.80. The second-order valence-corrected chi connectivity index (χ2v) is 3.22. The zero-order valence-electron chi connectivity index (χ0n) is 7.90. The molecule has 4 heteroatoms. The Morgan fingerprint density at radius 2 is 2.08 bits per heavy atom. The quantitative estimate of drug-likeness (QED) is 0.750. The lowest BCUT2D eigenvalue weighted by atomic mass is 10.1. The van der Waals surface area contributed by atoms with Crippen molar-refractivity contribution in [3.05, 3.63) is 23.3 Å². The summed E-state index contributed by atoms with van der Waals surface area (Å²) in [4.78, 5) is 18.3. The zero-order valence-corrected chi connectivity index (χ0v) is 7.90. The standard InChI is InChI=1S/C9H12N2O2/c1-5(2)7-4-6(3)10-8(11-7)9(12)13/h4-5H,1-3H3,(H,12,13). The molecule has 0 bridgehead atoms. The molecular weight excluding hydrogens is 168 g/mol. The maximum absolute atomic E-state index is 10.6. The van der Waals surface area contributed by atoms with E-state index in [0.29, 0.717) is 5.69 Å². The number of aromatic carboxylic acids is 1. The first-order valence-corrected chi connectivity index (χ1v) is 4.09. The average molecular weight is 180 g/mol. The summed E-state index contributed by atoms with van der Waals surface area (Å²) in [6.45, 7) is 5.70. The van der Waals surface area contributed by atoms with Crippen LogP contribution in [0.4, 0.5) is 0 Å². The Hall–Kier alpha value is -1.45. The molecule has 0 aliphatic carbocycles. The fraction of sp³-hybridized carbons (Fsp3) is 0.444. The summed E-state index contributed by atoms with van der Waals surface area (Å²) in [5.74, 6) is -0.978. The lowest BCUT2D eigenvalue weighted by molar-refractivity contribution is 0.0682. The van der Waals surface area contributed by atoms with Crippen molar-refractivity contribution in [3.8, 4) is 0 Å². The van der Waals surface area contributed by atoms with Crippen molar-refractivity contribution in [2.24, 2.45) is 0 Å². The summed E-state index contributed by atoms with van der Waals surface area (Å²) in [7, 11) is 0. The van der Waals surface area contributed by atoms with Gasteiger partial charge in [0, 0.05) is 11.4 Å². The number of rotatable bonds is 2. The summed E-state index contributed by atoms with van der Waals surface area (Å²) in [5.41, 5.74) is 1.46. The molecule has 0 fully saturated rings.